The second-order valence-corrected chi connectivity index (χ2v) is 37.5. The third-order valence-electron chi connectivity index (χ3n) is 25.7. The van der Waals surface area contributed by atoms with Gasteiger partial charge in [-0.2, -0.15) is 0 Å². The Morgan fingerprint density at radius 3 is 0.660 bits per heavy atom. The van der Waals surface area contributed by atoms with Gasteiger partial charge in [0.25, 0.3) is 0 Å². The maximum Gasteiger partial charge on any atom is 0.338 e. The minimum absolute atomic E-state index is 0.0461. The summed E-state index contributed by atoms with van der Waals surface area (Å²) in [6.45, 7) is 36.9. The van der Waals surface area contributed by atoms with Crippen LogP contribution >= 0.6 is 0 Å². The van der Waals surface area contributed by atoms with E-state index in [1.165, 1.54) is 0 Å². The largest absolute Gasteiger partial charge is 0.458 e. The van der Waals surface area contributed by atoms with Crippen LogP contribution in [0.1, 0.15) is 350 Å². The molecule has 10 aromatic rings. The van der Waals surface area contributed by atoms with Crippen molar-refractivity contribution < 1.29 is 95.3 Å². The SMILES string of the molecule is CCC(CC)C(CC(OC(=O)c1ccccc1)C(C)C)OC(=O)c1ccccc1.CCCC(CC)(CC(OC(=O)c1ccccc1)C(C)C)OC(=O)c1ccccc1.CCCC(OC(=O)c1ccccc1)C(C)C(CCC)OC(=O)c1ccccc1.CCCC(OC(=O)c1ccccc1)C(CC)C(CCC)OC(=O)c1ccccc1.CCCC(OC(=O)c1ccccc1)C(CC)C(OC(=O)c1ccccc1)C(C)C. The Hall–Kier alpha value is -13.1. The molecule has 11 atom stereocenters. The quantitative estimate of drug-likeness (QED) is 0.0253. The molecule has 144 heavy (non-hydrogen) atoms. The number of rotatable bonds is 51. The van der Waals surface area contributed by atoms with Crippen LogP contribution in [-0.2, 0) is 47.4 Å². The van der Waals surface area contributed by atoms with E-state index >= 15 is 0 Å². The van der Waals surface area contributed by atoms with Crippen LogP contribution in [0.5, 0.6) is 0 Å². The maximum absolute atomic E-state index is 12.8. The molecule has 0 radical (unpaired) electrons. The lowest BCUT2D eigenvalue weighted by molar-refractivity contribution is -0.0634. The van der Waals surface area contributed by atoms with Crippen molar-refractivity contribution in [2.45, 2.75) is 307 Å². The number of carbonyl (C=O) groups excluding carboxylic acids is 10. The number of carbonyl (C=O) groups is 10. The van der Waals surface area contributed by atoms with Gasteiger partial charge in [0.15, 0.2) is 0 Å². The van der Waals surface area contributed by atoms with Crippen LogP contribution in [-0.4, -0.2) is 120 Å². The van der Waals surface area contributed by atoms with Crippen LogP contribution in [0.15, 0.2) is 303 Å². The zero-order valence-electron chi connectivity index (χ0n) is 88.2. The topological polar surface area (TPSA) is 263 Å². The molecule has 0 N–H and O–H groups in total. The van der Waals surface area contributed by atoms with Crippen LogP contribution < -0.4 is 0 Å². The molecule has 0 aliphatic carbocycles. The van der Waals surface area contributed by atoms with Crippen LogP contribution in [0.3, 0.4) is 0 Å². The van der Waals surface area contributed by atoms with Gasteiger partial charge in [0.2, 0.25) is 0 Å². The average molecular weight is 1970 g/mol. The number of hydrogen-bond donors (Lipinski definition) is 0. The standard InChI is InChI=1S/4C25H32O4.C24H30O4/c1-5-19(6-2)23(29-25(27)21-15-11-8-12-16-21)17-22(18(3)4)28-24(26)20-13-9-7-10-14-20;1-5-17-25(6-2,29-24(27)21-15-11-8-12-16-21)18-22(19(3)4)28-23(26)20-13-9-7-10-14-20;1-5-13-22(28-24(26)19-14-9-7-10-15-19)21(6-2)23(18(3)4)29-25(27)20-16-11-8-12-17-20;1-4-13-22(28-24(26)19-15-9-7-10-16-19)21(6-3)23(14-5-2)29-25(27)20-17-11-8-12-18-20;1-4-12-21(27-23(25)19-14-8-6-9-15-19)18(3)22(13-5-2)28-24(26)20-16-10-7-11-17-20/h7-16,18-19,22-23H,5-6,17H2,1-4H3;7-16,19,22H,5-6,17-18H2,1-4H3;7-12,14-18,21-23H,5-6,13H2,1-4H3;7-12,15-18,21-23H,4-6,13-14H2,1-3H3;6-11,14-18,21-22H,4-5,12-13H2,1-3H3. The molecule has 0 saturated heterocycles. The highest BCUT2D eigenvalue weighted by Crippen LogP contribution is 2.36. The van der Waals surface area contributed by atoms with Crippen molar-refractivity contribution in [2.75, 3.05) is 0 Å². The van der Waals surface area contributed by atoms with E-state index in [0.29, 0.717) is 81.3 Å². The van der Waals surface area contributed by atoms with Crippen molar-refractivity contribution in [3.8, 4) is 0 Å². The van der Waals surface area contributed by atoms with Crippen LogP contribution in [0.2, 0.25) is 0 Å². The maximum atomic E-state index is 12.8. The molecule has 11 unspecified atom stereocenters. The molecule has 20 nitrogen and oxygen atoms in total. The van der Waals surface area contributed by atoms with Crippen molar-refractivity contribution >= 4 is 59.7 Å². The first-order valence-corrected chi connectivity index (χ1v) is 52.1. The molecule has 0 amide bonds. The second kappa shape index (κ2) is 66.7. The Balaban J connectivity index is 0.000000275. The molecule has 10 rings (SSSR count). The summed E-state index contributed by atoms with van der Waals surface area (Å²) < 4.78 is 59.0. The zero-order valence-corrected chi connectivity index (χ0v) is 88.2. The number of benzene rings is 10. The fraction of sp³-hybridized carbons (Fsp3) is 0.435. The van der Waals surface area contributed by atoms with Gasteiger partial charge in [-0.1, -0.05) is 345 Å². The average Bonchev–Trinajstić information content (AvgIpc) is 0.826. The van der Waals surface area contributed by atoms with Gasteiger partial charge in [-0.05, 0) is 216 Å². The normalized spacial score (nSPS) is 13.8. The van der Waals surface area contributed by atoms with Crippen molar-refractivity contribution in [1.82, 2.24) is 0 Å². The van der Waals surface area contributed by atoms with Gasteiger partial charge in [0.05, 0.1) is 55.6 Å². The van der Waals surface area contributed by atoms with Gasteiger partial charge in [-0.15, -0.1) is 0 Å². The van der Waals surface area contributed by atoms with Crippen molar-refractivity contribution in [3.05, 3.63) is 359 Å². The van der Waals surface area contributed by atoms with Crippen LogP contribution in [0.4, 0.5) is 0 Å². The summed E-state index contributed by atoms with van der Waals surface area (Å²) in [5.74, 6) is -3.07. The molecule has 0 saturated carbocycles. The van der Waals surface area contributed by atoms with E-state index < -0.39 is 5.60 Å². The zero-order chi connectivity index (χ0) is 105. The lowest BCUT2D eigenvalue weighted by Gasteiger charge is -2.36. The summed E-state index contributed by atoms with van der Waals surface area (Å²) in [4.78, 5) is 126. The third kappa shape index (κ3) is 41.0. The van der Waals surface area contributed by atoms with Gasteiger partial charge < -0.3 is 47.4 Å². The first-order chi connectivity index (χ1) is 69.5. The smallest absolute Gasteiger partial charge is 0.338 e. The summed E-state index contributed by atoms with van der Waals surface area (Å²) >= 11 is 0. The summed E-state index contributed by atoms with van der Waals surface area (Å²) in [6.07, 6.45) is 11.7. The summed E-state index contributed by atoms with van der Waals surface area (Å²) in [5.41, 5.74) is 4.65. The minimum atomic E-state index is -0.673. The Bertz CT molecular complexity index is 5100. The van der Waals surface area contributed by atoms with E-state index in [-0.39, 0.29) is 156 Å². The van der Waals surface area contributed by atoms with E-state index in [0.717, 1.165) is 96.3 Å². The first kappa shape index (κ1) is 120. The summed E-state index contributed by atoms with van der Waals surface area (Å²) in [5, 5.41) is 0. The summed E-state index contributed by atoms with van der Waals surface area (Å²) in [6, 6.07) is 90.0. The molecule has 0 fully saturated rings. The molecule has 0 heterocycles. The van der Waals surface area contributed by atoms with Crippen molar-refractivity contribution in [2.24, 2.45) is 41.4 Å². The fourth-order valence-electron chi connectivity index (χ4n) is 17.3. The summed E-state index contributed by atoms with van der Waals surface area (Å²) in [7, 11) is 0. The number of hydrogen-bond acceptors (Lipinski definition) is 20. The molecule has 774 valence electrons. The van der Waals surface area contributed by atoms with Gasteiger partial charge >= 0.3 is 59.7 Å². The highest BCUT2D eigenvalue weighted by atomic mass is 16.6. The Kier molecular flexibility index (Phi) is 55.4. The molecule has 0 aliphatic rings. The first-order valence-electron chi connectivity index (χ1n) is 52.1. The lowest BCUT2D eigenvalue weighted by Crippen LogP contribution is -2.41. The van der Waals surface area contributed by atoms with Crippen LogP contribution in [0, 0.1) is 41.4 Å². The Labute approximate surface area is 857 Å². The molecule has 0 spiro atoms. The second-order valence-electron chi connectivity index (χ2n) is 37.5. The van der Waals surface area contributed by atoms with Gasteiger partial charge in [-0.3, -0.25) is 0 Å². The van der Waals surface area contributed by atoms with E-state index in [2.05, 4.69) is 69.2 Å². The molecule has 0 aliphatic heterocycles. The van der Waals surface area contributed by atoms with Crippen LogP contribution in [0.25, 0.3) is 0 Å². The lowest BCUT2D eigenvalue weighted by atomic mass is 9.84. The van der Waals surface area contributed by atoms with Crippen molar-refractivity contribution in [3.63, 3.8) is 0 Å². The number of esters is 10. The van der Waals surface area contributed by atoms with E-state index in [1.807, 2.05) is 237 Å². The molecule has 0 bridgehead atoms. The molecular weight excluding hydrogens is 1810 g/mol. The third-order valence-corrected chi connectivity index (χ3v) is 25.7. The predicted molar refractivity (Wildman–Crippen MR) is 570 cm³/mol. The fourth-order valence-corrected chi connectivity index (χ4v) is 17.3. The van der Waals surface area contributed by atoms with E-state index in [9.17, 15) is 47.9 Å². The molecule has 0 aromatic heterocycles. The van der Waals surface area contributed by atoms with Crippen molar-refractivity contribution in [1.29, 1.82) is 0 Å². The van der Waals surface area contributed by atoms with Gasteiger partial charge in [0.1, 0.15) is 60.5 Å². The highest BCUT2D eigenvalue weighted by Gasteiger charge is 2.41. The highest BCUT2D eigenvalue weighted by molar-refractivity contribution is 5.94. The van der Waals surface area contributed by atoms with Gasteiger partial charge in [0, 0.05) is 30.6 Å². The molecule has 10 aromatic carbocycles. The molecule has 20 heteroatoms. The molecular formula is C124H158O20. The van der Waals surface area contributed by atoms with Gasteiger partial charge in [-0.25, -0.2) is 47.9 Å². The Morgan fingerprint density at radius 1 is 0.222 bits per heavy atom. The Morgan fingerprint density at radius 2 is 0.438 bits per heavy atom. The van der Waals surface area contributed by atoms with E-state index in [1.54, 1.807) is 121 Å². The monoisotopic (exact) mass is 1970 g/mol. The number of ether oxygens (including phenoxy) is 10. The minimum Gasteiger partial charge on any atom is -0.458 e. The predicted octanol–water partition coefficient (Wildman–Crippen LogP) is 29.6. The van der Waals surface area contributed by atoms with E-state index in [4.69, 9.17) is 47.4 Å².